The summed E-state index contributed by atoms with van der Waals surface area (Å²) >= 11 is 1.63. The summed E-state index contributed by atoms with van der Waals surface area (Å²) in [6.45, 7) is 8.20. The molecule has 1 N–H and O–H groups in total. The summed E-state index contributed by atoms with van der Waals surface area (Å²) in [5.74, 6) is 0.609. The molecule has 0 aromatic carbocycles. The number of nitrogens with zero attached hydrogens (tertiary/aromatic N) is 4. The Morgan fingerprint density at radius 3 is 2.94 bits per heavy atom. The van der Waals surface area contributed by atoms with E-state index < -0.39 is 0 Å². The van der Waals surface area contributed by atoms with Gasteiger partial charge in [-0.05, 0) is 12.5 Å². The molecule has 0 aliphatic rings. The standard InChI is InChI=1S/C12H19N5S/c1-4-13-6-10-7-17(8-14-10)12-16-15-11(18-12)5-9(2)3/h7-9,13H,4-6H2,1-3H3. The van der Waals surface area contributed by atoms with Gasteiger partial charge in [-0.3, -0.25) is 4.57 Å². The van der Waals surface area contributed by atoms with Crippen LogP contribution in [0.15, 0.2) is 12.5 Å². The maximum atomic E-state index is 4.34. The second-order valence-corrected chi connectivity index (χ2v) is 5.67. The molecule has 0 amide bonds. The molecule has 5 nitrogen and oxygen atoms in total. The summed E-state index contributed by atoms with van der Waals surface area (Å²) in [6, 6.07) is 0. The predicted octanol–water partition coefficient (Wildman–Crippen LogP) is 2.03. The largest absolute Gasteiger partial charge is 0.311 e. The van der Waals surface area contributed by atoms with E-state index in [0.29, 0.717) is 5.92 Å². The van der Waals surface area contributed by atoms with Gasteiger partial charge in [0.1, 0.15) is 11.3 Å². The van der Waals surface area contributed by atoms with Crippen molar-refractivity contribution in [2.75, 3.05) is 6.54 Å². The summed E-state index contributed by atoms with van der Waals surface area (Å²) in [4.78, 5) is 4.34. The van der Waals surface area contributed by atoms with E-state index in [1.54, 1.807) is 17.7 Å². The fourth-order valence-electron chi connectivity index (χ4n) is 1.59. The van der Waals surface area contributed by atoms with Gasteiger partial charge in [0.25, 0.3) is 0 Å². The Kier molecular flexibility index (Phi) is 4.43. The van der Waals surface area contributed by atoms with Crippen molar-refractivity contribution in [3.63, 3.8) is 0 Å². The van der Waals surface area contributed by atoms with Crippen LogP contribution in [0.25, 0.3) is 5.13 Å². The van der Waals surface area contributed by atoms with Gasteiger partial charge in [-0.15, -0.1) is 10.2 Å². The van der Waals surface area contributed by atoms with E-state index in [9.17, 15) is 0 Å². The Bertz CT molecular complexity index is 488. The van der Waals surface area contributed by atoms with Crippen molar-refractivity contribution in [3.8, 4) is 5.13 Å². The quantitative estimate of drug-likeness (QED) is 0.868. The highest BCUT2D eigenvalue weighted by Crippen LogP contribution is 2.17. The van der Waals surface area contributed by atoms with Crippen LogP contribution in [0.2, 0.25) is 0 Å². The molecule has 0 aliphatic carbocycles. The second kappa shape index (κ2) is 6.06. The molecular weight excluding hydrogens is 246 g/mol. The van der Waals surface area contributed by atoms with Crippen LogP contribution in [-0.4, -0.2) is 26.3 Å². The molecule has 2 rings (SSSR count). The maximum Gasteiger partial charge on any atom is 0.217 e. The van der Waals surface area contributed by atoms with Gasteiger partial charge in [-0.25, -0.2) is 4.98 Å². The first-order valence-electron chi connectivity index (χ1n) is 6.25. The molecule has 2 aromatic rings. The van der Waals surface area contributed by atoms with Gasteiger partial charge in [-0.2, -0.15) is 0 Å². The third-order valence-corrected chi connectivity index (χ3v) is 3.41. The third kappa shape index (κ3) is 3.36. The van der Waals surface area contributed by atoms with E-state index >= 15 is 0 Å². The van der Waals surface area contributed by atoms with Crippen LogP contribution in [0.5, 0.6) is 0 Å². The lowest BCUT2D eigenvalue weighted by atomic mass is 10.1. The van der Waals surface area contributed by atoms with Gasteiger partial charge in [0.05, 0.1) is 5.69 Å². The number of imidazole rings is 1. The SMILES string of the molecule is CCNCc1cn(-c2nnc(CC(C)C)s2)cn1. The maximum absolute atomic E-state index is 4.34. The molecule has 0 saturated heterocycles. The Labute approximate surface area is 111 Å². The average Bonchev–Trinajstić information content (AvgIpc) is 2.94. The fraction of sp³-hybridized carbons (Fsp3) is 0.583. The third-order valence-electron chi connectivity index (χ3n) is 2.45. The molecule has 0 radical (unpaired) electrons. The average molecular weight is 265 g/mol. The molecule has 2 aromatic heterocycles. The molecule has 0 atom stereocenters. The minimum Gasteiger partial charge on any atom is -0.311 e. The van der Waals surface area contributed by atoms with Crippen LogP contribution < -0.4 is 5.32 Å². The summed E-state index contributed by atoms with van der Waals surface area (Å²) in [6.07, 6.45) is 4.78. The van der Waals surface area contributed by atoms with Gasteiger partial charge in [-0.1, -0.05) is 32.1 Å². The minimum absolute atomic E-state index is 0.609. The van der Waals surface area contributed by atoms with Gasteiger partial charge in [0.2, 0.25) is 5.13 Å². The Hall–Kier alpha value is -1.27. The molecule has 0 fully saturated rings. The van der Waals surface area contributed by atoms with E-state index in [2.05, 4.69) is 41.3 Å². The van der Waals surface area contributed by atoms with Gasteiger partial charge >= 0.3 is 0 Å². The number of hydrogen-bond donors (Lipinski definition) is 1. The number of hydrogen-bond acceptors (Lipinski definition) is 5. The lowest BCUT2D eigenvalue weighted by molar-refractivity contribution is 0.639. The first kappa shape index (κ1) is 13.2. The Morgan fingerprint density at radius 1 is 1.39 bits per heavy atom. The molecule has 6 heteroatoms. The highest BCUT2D eigenvalue weighted by molar-refractivity contribution is 7.13. The topological polar surface area (TPSA) is 55.6 Å². The van der Waals surface area contributed by atoms with Crippen molar-refractivity contribution in [1.82, 2.24) is 25.1 Å². The Morgan fingerprint density at radius 2 is 2.22 bits per heavy atom. The van der Waals surface area contributed by atoms with Crippen molar-refractivity contribution in [2.24, 2.45) is 5.92 Å². The molecule has 0 unspecified atom stereocenters. The van der Waals surface area contributed by atoms with Crippen molar-refractivity contribution in [3.05, 3.63) is 23.2 Å². The fourth-order valence-corrected chi connectivity index (χ4v) is 2.59. The van der Waals surface area contributed by atoms with Crippen molar-refractivity contribution in [1.29, 1.82) is 0 Å². The lowest BCUT2D eigenvalue weighted by Gasteiger charge is -1.97. The molecule has 98 valence electrons. The van der Waals surface area contributed by atoms with Crippen LogP contribution in [-0.2, 0) is 13.0 Å². The predicted molar refractivity (Wildman–Crippen MR) is 73.0 cm³/mol. The van der Waals surface area contributed by atoms with E-state index in [-0.39, 0.29) is 0 Å². The Balaban J connectivity index is 2.06. The zero-order valence-electron chi connectivity index (χ0n) is 11.1. The molecule has 0 aliphatic heterocycles. The van der Waals surface area contributed by atoms with Crippen LogP contribution in [0.1, 0.15) is 31.5 Å². The summed E-state index contributed by atoms with van der Waals surface area (Å²) in [5, 5.41) is 13.6. The van der Waals surface area contributed by atoms with Crippen LogP contribution in [0.4, 0.5) is 0 Å². The molecule has 0 spiro atoms. The molecular formula is C12H19N5S. The normalized spacial score (nSPS) is 11.3. The van der Waals surface area contributed by atoms with Gasteiger partial charge < -0.3 is 5.32 Å². The van der Waals surface area contributed by atoms with Crippen molar-refractivity contribution < 1.29 is 0 Å². The number of rotatable bonds is 6. The first-order chi connectivity index (χ1) is 8.69. The minimum atomic E-state index is 0.609. The van der Waals surface area contributed by atoms with E-state index in [1.807, 2.05) is 10.8 Å². The van der Waals surface area contributed by atoms with E-state index in [0.717, 1.165) is 35.3 Å². The second-order valence-electron chi connectivity index (χ2n) is 4.63. The highest BCUT2D eigenvalue weighted by Gasteiger charge is 2.08. The molecule has 0 saturated carbocycles. The monoisotopic (exact) mass is 265 g/mol. The van der Waals surface area contributed by atoms with Crippen molar-refractivity contribution >= 4 is 11.3 Å². The van der Waals surface area contributed by atoms with Crippen molar-refractivity contribution in [2.45, 2.75) is 33.7 Å². The molecule has 0 bridgehead atoms. The van der Waals surface area contributed by atoms with Crippen LogP contribution in [0, 0.1) is 5.92 Å². The summed E-state index contributed by atoms with van der Waals surface area (Å²) < 4.78 is 1.94. The van der Waals surface area contributed by atoms with Gasteiger partial charge in [0, 0.05) is 19.2 Å². The first-order valence-corrected chi connectivity index (χ1v) is 7.07. The molecule has 2 heterocycles. The van der Waals surface area contributed by atoms with Crippen LogP contribution >= 0.6 is 11.3 Å². The number of aromatic nitrogens is 4. The zero-order chi connectivity index (χ0) is 13.0. The summed E-state index contributed by atoms with van der Waals surface area (Å²) in [7, 11) is 0. The smallest absolute Gasteiger partial charge is 0.217 e. The highest BCUT2D eigenvalue weighted by atomic mass is 32.1. The lowest BCUT2D eigenvalue weighted by Crippen LogP contribution is -2.11. The van der Waals surface area contributed by atoms with E-state index in [4.69, 9.17) is 0 Å². The van der Waals surface area contributed by atoms with Gasteiger partial charge in [0.15, 0.2) is 0 Å². The zero-order valence-corrected chi connectivity index (χ0v) is 11.9. The van der Waals surface area contributed by atoms with E-state index in [1.165, 1.54) is 0 Å². The number of nitrogens with one attached hydrogen (secondary N) is 1. The summed E-state index contributed by atoms with van der Waals surface area (Å²) in [5.41, 5.74) is 1.03. The van der Waals surface area contributed by atoms with Crippen LogP contribution in [0.3, 0.4) is 0 Å². The molecule has 18 heavy (non-hydrogen) atoms.